The first-order chi connectivity index (χ1) is 13.4. The van der Waals surface area contributed by atoms with Gasteiger partial charge < -0.3 is 10.0 Å². The van der Waals surface area contributed by atoms with Crippen molar-refractivity contribution < 1.29 is 18.7 Å². The number of anilines is 1. The van der Waals surface area contributed by atoms with Crippen LogP contribution in [0.1, 0.15) is 19.3 Å². The molecule has 0 amide bonds. The van der Waals surface area contributed by atoms with E-state index in [9.17, 15) is 13.6 Å². The van der Waals surface area contributed by atoms with Gasteiger partial charge in [0, 0.05) is 19.5 Å². The van der Waals surface area contributed by atoms with Crippen molar-refractivity contribution >= 4 is 57.3 Å². The fourth-order valence-electron chi connectivity index (χ4n) is 3.47. The third kappa shape index (κ3) is 4.44. The first-order valence-electron chi connectivity index (χ1n) is 8.79. The van der Waals surface area contributed by atoms with E-state index in [-0.39, 0.29) is 41.2 Å². The van der Waals surface area contributed by atoms with Crippen LogP contribution in [0.25, 0.3) is 21.6 Å². The molecule has 0 spiro atoms. The summed E-state index contributed by atoms with van der Waals surface area (Å²) in [6, 6.07) is 3.74. The van der Waals surface area contributed by atoms with Crippen LogP contribution < -0.4 is 4.90 Å². The highest BCUT2D eigenvalue weighted by molar-refractivity contribution is 7.17. The number of rotatable bonds is 4. The highest BCUT2D eigenvalue weighted by Crippen LogP contribution is 2.35. The summed E-state index contributed by atoms with van der Waals surface area (Å²) in [6.07, 6.45) is 1.64. The predicted octanol–water partition coefficient (Wildman–Crippen LogP) is 5.40. The molecule has 4 rings (SSSR count). The van der Waals surface area contributed by atoms with Gasteiger partial charge in [0.25, 0.3) is 0 Å². The minimum atomic E-state index is -0.788. The number of benzene rings is 1. The van der Waals surface area contributed by atoms with E-state index < -0.39 is 17.6 Å². The van der Waals surface area contributed by atoms with Gasteiger partial charge in [-0.2, -0.15) is 0 Å². The molecule has 2 aromatic heterocycles. The van der Waals surface area contributed by atoms with Crippen molar-refractivity contribution in [3.05, 3.63) is 40.2 Å². The molecule has 154 valence electrons. The molecule has 0 atom stereocenters. The Morgan fingerprint density at radius 1 is 1.24 bits per heavy atom. The summed E-state index contributed by atoms with van der Waals surface area (Å²) < 4.78 is 29.2. The van der Waals surface area contributed by atoms with Crippen LogP contribution >= 0.6 is 35.3 Å². The molecule has 29 heavy (non-hydrogen) atoms. The summed E-state index contributed by atoms with van der Waals surface area (Å²) in [5.41, 5.74) is 0.615. The van der Waals surface area contributed by atoms with Gasteiger partial charge in [-0.1, -0.05) is 11.6 Å². The molecule has 3 heterocycles. The highest BCUT2D eigenvalue weighted by Gasteiger charge is 2.25. The lowest BCUT2D eigenvalue weighted by atomic mass is 9.93. The number of hydrogen-bond acceptors (Lipinski definition) is 5. The molecule has 3 aromatic rings. The zero-order valence-electron chi connectivity index (χ0n) is 15.1. The van der Waals surface area contributed by atoms with E-state index in [1.54, 1.807) is 0 Å². The fraction of sp³-hybridized carbons (Fsp3) is 0.316. The number of aromatic nitrogens is 2. The lowest BCUT2D eigenvalue weighted by Crippen LogP contribution is -2.35. The van der Waals surface area contributed by atoms with Gasteiger partial charge in [-0.3, -0.25) is 4.79 Å². The average Bonchev–Trinajstić information content (AvgIpc) is 3.13. The Labute approximate surface area is 180 Å². The lowest BCUT2D eigenvalue weighted by Gasteiger charge is -2.32. The van der Waals surface area contributed by atoms with Crippen LogP contribution in [0, 0.1) is 17.6 Å². The molecular weight excluding hydrogens is 443 g/mol. The van der Waals surface area contributed by atoms with Crippen molar-refractivity contribution in [2.45, 2.75) is 19.3 Å². The zero-order valence-corrected chi connectivity index (χ0v) is 17.5. The molecule has 5 nitrogen and oxygen atoms in total. The SMILES string of the molecule is Cl.O=C(O)CC1CCN(c2nc(-c3cc(F)c(Cl)cc3F)nc3ccsc23)CC1. The van der Waals surface area contributed by atoms with Crippen molar-refractivity contribution in [1.82, 2.24) is 9.97 Å². The lowest BCUT2D eigenvalue weighted by molar-refractivity contribution is -0.138. The van der Waals surface area contributed by atoms with Crippen molar-refractivity contribution in [2.24, 2.45) is 5.92 Å². The summed E-state index contributed by atoms with van der Waals surface area (Å²) in [6.45, 7) is 1.30. The number of nitrogens with zero attached hydrogens (tertiary/aromatic N) is 3. The number of halogens is 4. The Balaban J connectivity index is 0.00000240. The summed E-state index contributed by atoms with van der Waals surface area (Å²) in [5, 5.41) is 10.6. The average molecular weight is 460 g/mol. The van der Waals surface area contributed by atoms with Gasteiger partial charge in [-0.25, -0.2) is 18.7 Å². The van der Waals surface area contributed by atoms with Crippen LogP contribution in [0.5, 0.6) is 0 Å². The Bertz CT molecular complexity index is 1060. The standard InChI is InChI=1S/C19H16ClF2N3O2S.ClH/c20-12-9-13(21)11(8-14(12)22)18-23-15-3-6-28-17(15)19(24-18)25-4-1-10(2-5-25)7-16(26)27;/h3,6,8-10H,1-2,4-5,7H2,(H,26,27);1H. The van der Waals surface area contributed by atoms with E-state index in [0.29, 0.717) is 24.4 Å². The normalized spacial score (nSPS) is 14.8. The number of carboxylic acids is 1. The van der Waals surface area contributed by atoms with Crippen molar-refractivity contribution in [1.29, 1.82) is 0 Å². The highest BCUT2D eigenvalue weighted by atomic mass is 35.5. The molecule has 1 saturated heterocycles. The van der Waals surface area contributed by atoms with Gasteiger partial charge in [-0.05, 0) is 42.3 Å². The van der Waals surface area contributed by atoms with E-state index in [4.69, 9.17) is 16.7 Å². The van der Waals surface area contributed by atoms with Crippen LogP contribution in [0.3, 0.4) is 0 Å². The summed E-state index contributed by atoms with van der Waals surface area (Å²) in [5.74, 6) is -1.31. The van der Waals surface area contributed by atoms with Gasteiger partial charge in [0.2, 0.25) is 0 Å². The summed E-state index contributed by atoms with van der Waals surface area (Å²) in [7, 11) is 0. The minimum Gasteiger partial charge on any atom is -0.481 e. The van der Waals surface area contributed by atoms with Gasteiger partial charge in [0.05, 0.1) is 20.8 Å². The van der Waals surface area contributed by atoms with Crippen LogP contribution in [0.2, 0.25) is 5.02 Å². The molecule has 0 saturated carbocycles. The second-order valence-electron chi connectivity index (χ2n) is 6.78. The van der Waals surface area contributed by atoms with Crippen molar-refractivity contribution in [3.8, 4) is 11.4 Å². The number of thiophene rings is 1. The molecule has 1 aromatic carbocycles. The van der Waals surface area contributed by atoms with E-state index in [2.05, 4.69) is 14.9 Å². The molecule has 0 aliphatic carbocycles. The van der Waals surface area contributed by atoms with Gasteiger partial charge in [-0.15, -0.1) is 23.7 Å². The molecule has 0 unspecified atom stereocenters. The fourth-order valence-corrected chi connectivity index (χ4v) is 4.47. The quantitative estimate of drug-likeness (QED) is 0.528. The number of carboxylic acid groups (broad SMARTS) is 1. The molecular formula is C19H17Cl2F2N3O2S. The van der Waals surface area contributed by atoms with Crippen LogP contribution in [0.4, 0.5) is 14.6 Å². The Hall–Kier alpha value is -2.03. The smallest absolute Gasteiger partial charge is 0.303 e. The molecule has 0 bridgehead atoms. The zero-order chi connectivity index (χ0) is 19.8. The molecule has 1 aliphatic heterocycles. The number of fused-ring (bicyclic) bond motifs is 1. The maximum absolute atomic E-state index is 14.4. The van der Waals surface area contributed by atoms with Gasteiger partial charge in [0.15, 0.2) is 11.6 Å². The summed E-state index contributed by atoms with van der Waals surface area (Å²) in [4.78, 5) is 21.9. The molecule has 0 radical (unpaired) electrons. The third-order valence-corrected chi connectivity index (χ3v) is 6.10. The molecule has 10 heteroatoms. The third-order valence-electron chi connectivity index (χ3n) is 4.91. The van der Waals surface area contributed by atoms with Gasteiger partial charge >= 0.3 is 5.97 Å². The van der Waals surface area contributed by atoms with Gasteiger partial charge in [0.1, 0.15) is 11.6 Å². The molecule has 1 N–H and O–H groups in total. The Kier molecular flexibility index (Phi) is 6.55. The van der Waals surface area contributed by atoms with Crippen LogP contribution in [0.15, 0.2) is 23.6 Å². The van der Waals surface area contributed by atoms with E-state index in [0.717, 1.165) is 29.7 Å². The largest absolute Gasteiger partial charge is 0.481 e. The Morgan fingerprint density at radius 2 is 1.97 bits per heavy atom. The molecule has 1 fully saturated rings. The minimum absolute atomic E-state index is 0. The van der Waals surface area contributed by atoms with Crippen molar-refractivity contribution in [2.75, 3.05) is 18.0 Å². The second kappa shape index (κ2) is 8.77. The maximum atomic E-state index is 14.4. The number of carbonyl (C=O) groups is 1. The number of aliphatic carboxylic acids is 1. The molecule has 1 aliphatic rings. The van der Waals surface area contributed by atoms with Crippen LogP contribution in [-0.4, -0.2) is 34.1 Å². The number of hydrogen-bond donors (Lipinski definition) is 1. The summed E-state index contributed by atoms with van der Waals surface area (Å²) >= 11 is 7.13. The van der Waals surface area contributed by atoms with E-state index >= 15 is 0 Å². The van der Waals surface area contributed by atoms with Crippen LogP contribution in [-0.2, 0) is 4.79 Å². The van der Waals surface area contributed by atoms with E-state index in [1.165, 1.54) is 11.3 Å². The monoisotopic (exact) mass is 459 g/mol. The first-order valence-corrected chi connectivity index (χ1v) is 10.0. The van der Waals surface area contributed by atoms with Crippen molar-refractivity contribution in [3.63, 3.8) is 0 Å². The first kappa shape index (κ1) is 21.7. The van der Waals surface area contributed by atoms with E-state index in [1.807, 2.05) is 11.4 Å². The topological polar surface area (TPSA) is 66.3 Å². The predicted molar refractivity (Wildman–Crippen MR) is 112 cm³/mol. The second-order valence-corrected chi connectivity index (χ2v) is 8.10. The Morgan fingerprint density at radius 3 is 2.66 bits per heavy atom. The maximum Gasteiger partial charge on any atom is 0.303 e. The number of piperidine rings is 1.